The largest absolute Gasteiger partial charge is 0.476 e. The van der Waals surface area contributed by atoms with Gasteiger partial charge in [0.25, 0.3) is 5.91 Å². The Morgan fingerprint density at radius 2 is 1.78 bits per heavy atom. The Bertz CT molecular complexity index is 1220. The molecule has 196 valence electrons. The lowest BCUT2D eigenvalue weighted by atomic mass is 9.92. The third-order valence-electron chi connectivity index (χ3n) is 6.01. The number of aromatic nitrogens is 2. The van der Waals surface area contributed by atoms with Crippen molar-refractivity contribution in [2.24, 2.45) is 5.92 Å². The molecule has 2 saturated carbocycles. The number of hydrogen-bond acceptors (Lipinski definition) is 7. The van der Waals surface area contributed by atoms with Gasteiger partial charge in [-0.05, 0) is 43.7 Å². The number of sulfonamides is 1. The van der Waals surface area contributed by atoms with E-state index in [0.29, 0.717) is 12.8 Å². The van der Waals surface area contributed by atoms with Gasteiger partial charge >= 0.3 is 6.18 Å². The number of amides is 1. The van der Waals surface area contributed by atoms with Gasteiger partial charge in [0.1, 0.15) is 5.69 Å². The molecule has 2 aliphatic carbocycles. The van der Waals surface area contributed by atoms with E-state index < -0.39 is 45.6 Å². The molecule has 2 aromatic rings. The topological polar surface area (TPSA) is 131 Å². The molecule has 0 radical (unpaired) electrons. The van der Waals surface area contributed by atoms with Crippen LogP contribution in [0, 0.1) is 5.92 Å². The molecule has 1 aromatic heterocycles. The van der Waals surface area contributed by atoms with Gasteiger partial charge in [-0.3, -0.25) is 9.52 Å². The molecular weight excluding hydrogens is 501 g/mol. The summed E-state index contributed by atoms with van der Waals surface area (Å²) in [5, 5.41) is 12.6. The van der Waals surface area contributed by atoms with Crippen LogP contribution in [0.15, 0.2) is 24.3 Å². The SMILES string of the molecule is CS(=O)(=O)Nc1ccc(-c2nc(C(=O)N[C@@H]3CCCC[C@H]3O)c(C(F)(F)F)nc2OCC2CC2)cc1. The van der Waals surface area contributed by atoms with Gasteiger partial charge in [-0.2, -0.15) is 13.2 Å². The highest BCUT2D eigenvalue weighted by Gasteiger charge is 2.41. The number of rotatable bonds is 8. The summed E-state index contributed by atoms with van der Waals surface area (Å²) >= 11 is 0. The highest BCUT2D eigenvalue weighted by Crippen LogP contribution is 2.37. The molecule has 1 heterocycles. The summed E-state index contributed by atoms with van der Waals surface area (Å²) in [4.78, 5) is 20.7. The van der Waals surface area contributed by atoms with Crippen LogP contribution in [-0.2, 0) is 16.2 Å². The fourth-order valence-electron chi connectivity index (χ4n) is 3.97. The Labute approximate surface area is 206 Å². The van der Waals surface area contributed by atoms with Crippen LogP contribution in [0.25, 0.3) is 11.3 Å². The Kier molecular flexibility index (Phi) is 7.41. The predicted molar refractivity (Wildman–Crippen MR) is 125 cm³/mol. The van der Waals surface area contributed by atoms with Crippen LogP contribution in [-0.4, -0.2) is 54.4 Å². The number of alkyl halides is 3. The number of halogens is 3. The maximum atomic E-state index is 13.9. The first-order valence-corrected chi connectivity index (χ1v) is 13.5. The number of nitrogens with one attached hydrogen (secondary N) is 2. The molecule has 0 bridgehead atoms. The highest BCUT2D eigenvalue weighted by atomic mass is 32.2. The smallest absolute Gasteiger partial charge is 0.435 e. The number of nitrogens with zero attached hydrogens (tertiary/aromatic N) is 2. The first-order valence-electron chi connectivity index (χ1n) is 11.6. The molecule has 0 unspecified atom stereocenters. The summed E-state index contributed by atoms with van der Waals surface area (Å²) in [6, 6.07) is 5.03. The van der Waals surface area contributed by atoms with Crippen LogP contribution < -0.4 is 14.8 Å². The fraction of sp³-hybridized carbons (Fsp3) is 0.522. The zero-order chi connectivity index (χ0) is 26.1. The minimum absolute atomic E-state index is 0.0797. The van der Waals surface area contributed by atoms with E-state index in [0.717, 1.165) is 31.9 Å². The van der Waals surface area contributed by atoms with E-state index in [2.05, 4.69) is 20.0 Å². The van der Waals surface area contributed by atoms with Crippen molar-refractivity contribution in [2.45, 2.75) is 56.8 Å². The number of benzene rings is 1. The average Bonchev–Trinajstić information content (AvgIpc) is 3.62. The molecule has 3 N–H and O–H groups in total. The van der Waals surface area contributed by atoms with Crippen LogP contribution in [0.2, 0.25) is 0 Å². The average molecular weight is 529 g/mol. The van der Waals surface area contributed by atoms with E-state index >= 15 is 0 Å². The molecule has 2 atom stereocenters. The van der Waals surface area contributed by atoms with Gasteiger partial charge in [-0.1, -0.05) is 25.0 Å². The second kappa shape index (κ2) is 10.2. The first-order chi connectivity index (χ1) is 16.9. The molecule has 4 rings (SSSR count). The van der Waals surface area contributed by atoms with Crippen LogP contribution >= 0.6 is 0 Å². The number of aliphatic hydroxyl groups excluding tert-OH is 1. The summed E-state index contributed by atoms with van der Waals surface area (Å²) in [5.74, 6) is -1.25. The molecule has 0 spiro atoms. The lowest BCUT2D eigenvalue weighted by molar-refractivity contribution is -0.142. The minimum atomic E-state index is -4.98. The van der Waals surface area contributed by atoms with E-state index in [4.69, 9.17) is 4.74 Å². The highest BCUT2D eigenvalue weighted by molar-refractivity contribution is 7.92. The molecule has 9 nitrogen and oxygen atoms in total. The Hall–Kier alpha value is -2.93. The summed E-state index contributed by atoms with van der Waals surface area (Å²) in [7, 11) is -3.53. The number of anilines is 1. The minimum Gasteiger partial charge on any atom is -0.476 e. The van der Waals surface area contributed by atoms with Crippen molar-refractivity contribution in [1.82, 2.24) is 15.3 Å². The lowest BCUT2D eigenvalue weighted by Crippen LogP contribution is -2.45. The fourth-order valence-corrected chi connectivity index (χ4v) is 4.54. The second-order valence-corrected chi connectivity index (χ2v) is 11.0. The van der Waals surface area contributed by atoms with Crippen molar-refractivity contribution >= 4 is 21.6 Å². The van der Waals surface area contributed by atoms with Crippen molar-refractivity contribution in [3.63, 3.8) is 0 Å². The number of carbonyl (C=O) groups excluding carboxylic acids is 1. The van der Waals surface area contributed by atoms with Crippen LogP contribution in [0.3, 0.4) is 0 Å². The van der Waals surface area contributed by atoms with E-state index in [9.17, 15) is 31.5 Å². The first kappa shape index (κ1) is 26.1. The molecular formula is C23H27F3N4O5S. The second-order valence-electron chi connectivity index (χ2n) is 9.21. The molecule has 13 heteroatoms. The summed E-state index contributed by atoms with van der Waals surface area (Å²) in [5.41, 5.74) is -1.95. The van der Waals surface area contributed by atoms with Crippen molar-refractivity contribution in [3.05, 3.63) is 35.7 Å². The summed E-state index contributed by atoms with van der Waals surface area (Å²) < 4.78 is 72.7. The third kappa shape index (κ3) is 6.64. The van der Waals surface area contributed by atoms with Gasteiger partial charge in [-0.25, -0.2) is 18.4 Å². The zero-order valence-corrected chi connectivity index (χ0v) is 20.3. The molecule has 2 fully saturated rings. The normalized spacial score (nSPS) is 20.6. The monoisotopic (exact) mass is 528 g/mol. The lowest BCUT2D eigenvalue weighted by Gasteiger charge is -2.28. The Morgan fingerprint density at radius 1 is 1.11 bits per heavy atom. The van der Waals surface area contributed by atoms with Crippen LogP contribution in [0.5, 0.6) is 5.88 Å². The van der Waals surface area contributed by atoms with Crippen LogP contribution in [0.4, 0.5) is 18.9 Å². The van der Waals surface area contributed by atoms with Gasteiger partial charge in [0.2, 0.25) is 15.9 Å². The van der Waals surface area contributed by atoms with E-state index in [1.807, 2.05) is 0 Å². The predicted octanol–water partition coefficient (Wildman–Crippen LogP) is 3.36. The quantitative estimate of drug-likeness (QED) is 0.479. The Morgan fingerprint density at radius 3 is 2.36 bits per heavy atom. The molecule has 2 aliphatic rings. The maximum absolute atomic E-state index is 13.9. The number of carbonyl (C=O) groups is 1. The van der Waals surface area contributed by atoms with Gasteiger partial charge in [0, 0.05) is 11.3 Å². The molecule has 0 saturated heterocycles. The molecule has 36 heavy (non-hydrogen) atoms. The van der Waals surface area contributed by atoms with Gasteiger partial charge in [0.05, 0.1) is 25.0 Å². The van der Waals surface area contributed by atoms with Crippen molar-refractivity contribution < 1.29 is 36.2 Å². The van der Waals surface area contributed by atoms with Crippen molar-refractivity contribution in [1.29, 1.82) is 0 Å². The third-order valence-corrected chi connectivity index (χ3v) is 6.61. The van der Waals surface area contributed by atoms with Gasteiger partial charge < -0.3 is 15.2 Å². The standard InChI is InChI=1S/C23H27F3N4O5S/c1-36(33,34)30-15-10-8-14(9-11-15)18-22(35-12-13-6-7-13)29-20(23(24,25)26)19(28-18)21(32)27-16-4-2-3-5-17(16)31/h8-11,13,16-17,30-31H,2-7,12H2,1H3,(H,27,32)/t16-,17-/m1/s1. The van der Waals surface area contributed by atoms with Crippen LogP contribution in [0.1, 0.15) is 54.7 Å². The van der Waals surface area contributed by atoms with Gasteiger partial charge in [-0.15, -0.1) is 0 Å². The van der Waals surface area contributed by atoms with Crippen molar-refractivity contribution in [2.75, 3.05) is 17.6 Å². The summed E-state index contributed by atoms with van der Waals surface area (Å²) in [6.45, 7) is 0.159. The summed E-state index contributed by atoms with van der Waals surface area (Å²) in [6.07, 6.45) is -0.696. The Balaban J connectivity index is 1.74. The number of aliphatic hydroxyl groups is 1. The number of ether oxygens (including phenoxy) is 1. The van der Waals surface area contributed by atoms with E-state index in [1.165, 1.54) is 24.3 Å². The van der Waals surface area contributed by atoms with E-state index in [-0.39, 0.29) is 35.3 Å². The molecule has 1 aromatic carbocycles. The zero-order valence-electron chi connectivity index (χ0n) is 19.5. The molecule has 1 amide bonds. The molecule has 0 aliphatic heterocycles. The maximum Gasteiger partial charge on any atom is 0.435 e. The van der Waals surface area contributed by atoms with Gasteiger partial charge in [0.15, 0.2) is 11.4 Å². The van der Waals surface area contributed by atoms with E-state index in [1.54, 1.807) is 0 Å². The number of hydrogen-bond donors (Lipinski definition) is 3. The van der Waals surface area contributed by atoms with Crippen molar-refractivity contribution in [3.8, 4) is 17.1 Å².